The molecule has 17 heavy (non-hydrogen) atoms. The molecule has 1 N–H and O–H groups in total. The molecule has 2 aromatic carbocycles. The first kappa shape index (κ1) is 11.9. The highest BCUT2D eigenvalue weighted by molar-refractivity contribution is 5.64. The minimum absolute atomic E-state index is 0.107. The molecule has 0 saturated carbocycles. The second-order valence-corrected chi connectivity index (χ2v) is 4.31. The van der Waals surface area contributed by atoms with E-state index in [0.717, 1.165) is 12.0 Å². The first-order valence-corrected chi connectivity index (χ1v) is 6.12. The second kappa shape index (κ2) is 5.65. The number of aliphatic hydroxyl groups excluding tert-OH is 1. The van der Waals surface area contributed by atoms with Crippen LogP contribution >= 0.6 is 0 Å². The molecule has 0 spiro atoms. The Morgan fingerprint density at radius 2 is 1.65 bits per heavy atom. The van der Waals surface area contributed by atoms with Crippen molar-refractivity contribution < 1.29 is 5.11 Å². The maximum Gasteiger partial charge on any atom is 0.0681 e. The molecule has 88 valence electrons. The van der Waals surface area contributed by atoms with E-state index >= 15 is 0 Å². The van der Waals surface area contributed by atoms with Crippen LogP contribution in [-0.4, -0.2) is 5.11 Å². The summed E-state index contributed by atoms with van der Waals surface area (Å²) in [4.78, 5) is 0. The Kier molecular flexibility index (Phi) is 3.94. The van der Waals surface area contributed by atoms with Crippen molar-refractivity contribution in [2.24, 2.45) is 0 Å². The molecule has 0 fully saturated rings. The van der Waals surface area contributed by atoms with E-state index in [4.69, 9.17) is 5.11 Å². The van der Waals surface area contributed by atoms with Gasteiger partial charge in [-0.25, -0.2) is 0 Å². The molecular weight excluding hydrogens is 208 g/mol. The number of aryl methyl sites for hydroxylation is 1. The van der Waals surface area contributed by atoms with Gasteiger partial charge >= 0.3 is 0 Å². The molecule has 0 radical (unpaired) electrons. The number of hydrogen-bond acceptors (Lipinski definition) is 1. The number of rotatable bonds is 4. The van der Waals surface area contributed by atoms with Gasteiger partial charge in [-0.2, -0.15) is 0 Å². The van der Waals surface area contributed by atoms with E-state index in [0.29, 0.717) is 0 Å². The van der Waals surface area contributed by atoms with Gasteiger partial charge in [-0.3, -0.25) is 0 Å². The van der Waals surface area contributed by atoms with Gasteiger partial charge < -0.3 is 5.11 Å². The zero-order valence-corrected chi connectivity index (χ0v) is 10.2. The van der Waals surface area contributed by atoms with Gasteiger partial charge in [-0.1, -0.05) is 61.9 Å². The van der Waals surface area contributed by atoms with E-state index in [1.165, 1.54) is 23.1 Å². The highest BCUT2D eigenvalue weighted by Gasteiger charge is 1.99. The molecular formula is C16H18O. The van der Waals surface area contributed by atoms with Crippen molar-refractivity contribution in [1.82, 2.24) is 0 Å². The van der Waals surface area contributed by atoms with E-state index in [2.05, 4.69) is 43.3 Å². The normalized spacial score (nSPS) is 10.5. The Bertz CT molecular complexity index is 471. The highest BCUT2D eigenvalue weighted by Crippen LogP contribution is 2.21. The Morgan fingerprint density at radius 3 is 2.29 bits per heavy atom. The van der Waals surface area contributed by atoms with Gasteiger partial charge in [0.2, 0.25) is 0 Å². The fraction of sp³-hybridized carbons (Fsp3) is 0.250. The predicted molar refractivity (Wildman–Crippen MR) is 71.8 cm³/mol. The molecule has 2 aromatic rings. The Balaban J connectivity index is 2.28. The molecule has 0 bridgehead atoms. The predicted octanol–water partition coefficient (Wildman–Crippen LogP) is 3.80. The van der Waals surface area contributed by atoms with Crippen molar-refractivity contribution in [3.63, 3.8) is 0 Å². The van der Waals surface area contributed by atoms with Crippen LogP contribution in [0.1, 0.15) is 24.5 Å². The van der Waals surface area contributed by atoms with Crippen LogP contribution < -0.4 is 0 Å². The average molecular weight is 226 g/mol. The smallest absolute Gasteiger partial charge is 0.0681 e. The van der Waals surface area contributed by atoms with Crippen molar-refractivity contribution in [1.29, 1.82) is 0 Å². The van der Waals surface area contributed by atoms with E-state index in [1.54, 1.807) is 0 Å². The van der Waals surface area contributed by atoms with Crippen molar-refractivity contribution in [2.45, 2.75) is 26.4 Å². The molecule has 0 atom stereocenters. The van der Waals surface area contributed by atoms with Gasteiger partial charge in [-0.05, 0) is 28.7 Å². The van der Waals surface area contributed by atoms with Gasteiger partial charge in [0.05, 0.1) is 6.61 Å². The van der Waals surface area contributed by atoms with Crippen LogP contribution in [0.5, 0.6) is 0 Å². The van der Waals surface area contributed by atoms with E-state index in [1.807, 2.05) is 12.1 Å². The lowest BCUT2D eigenvalue weighted by Gasteiger charge is -2.05. The summed E-state index contributed by atoms with van der Waals surface area (Å²) < 4.78 is 0. The summed E-state index contributed by atoms with van der Waals surface area (Å²) in [5, 5.41) is 9.01. The molecule has 0 aliphatic heterocycles. The average Bonchev–Trinajstić information content (AvgIpc) is 2.40. The lowest BCUT2D eigenvalue weighted by atomic mass is 10.0. The van der Waals surface area contributed by atoms with Crippen LogP contribution in [0.3, 0.4) is 0 Å². The van der Waals surface area contributed by atoms with Crippen LogP contribution in [0.2, 0.25) is 0 Å². The SMILES string of the molecule is CCCc1cccc(-c2ccc(CO)cc2)c1. The molecule has 0 aliphatic rings. The fourth-order valence-corrected chi connectivity index (χ4v) is 2.00. The van der Waals surface area contributed by atoms with Gasteiger partial charge in [-0.15, -0.1) is 0 Å². The van der Waals surface area contributed by atoms with Crippen molar-refractivity contribution in [2.75, 3.05) is 0 Å². The summed E-state index contributed by atoms with van der Waals surface area (Å²) >= 11 is 0. The molecule has 0 aliphatic carbocycles. The first-order valence-electron chi connectivity index (χ1n) is 6.12. The number of benzene rings is 2. The largest absolute Gasteiger partial charge is 0.392 e. The van der Waals surface area contributed by atoms with Gasteiger partial charge in [0, 0.05) is 0 Å². The van der Waals surface area contributed by atoms with Crippen LogP contribution in [0, 0.1) is 0 Å². The molecule has 1 nitrogen and oxygen atoms in total. The summed E-state index contributed by atoms with van der Waals surface area (Å²) in [7, 11) is 0. The van der Waals surface area contributed by atoms with Crippen molar-refractivity contribution in [3.05, 3.63) is 59.7 Å². The van der Waals surface area contributed by atoms with Crippen LogP contribution in [-0.2, 0) is 13.0 Å². The summed E-state index contributed by atoms with van der Waals surface area (Å²) in [6.07, 6.45) is 2.30. The minimum atomic E-state index is 0.107. The molecule has 0 aromatic heterocycles. The molecule has 0 amide bonds. The summed E-state index contributed by atoms with van der Waals surface area (Å²) in [6.45, 7) is 2.30. The summed E-state index contributed by atoms with van der Waals surface area (Å²) in [6, 6.07) is 16.7. The zero-order chi connectivity index (χ0) is 12.1. The Hall–Kier alpha value is -1.60. The summed E-state index contributed by atoms with van der Waals surface area (Å²) in [5.74, 6) is 0. The second-order valence-electron chi connectivity index (χ2n) is 4.31. The number of hydrogen-bond donors (Lipinski definition) is 1. The van der Waals surface area contributed by atoms with Gasteiger partial charge in [0.15, 0.2) is 0 Å². The lowest BCUT2D eigenvalue weighted by molar-refractivity contribution is 0.282. The Morgan fingerprint density at radius 1 is 0.882 bits per heavy atom. The van der Waals surface area contributed by atoms with Crippen LogP contribution in [0.25, 0.3) is 11.1 Å². The number of aliphatic hydroxyl groups is 1. The van der Waals surface area contributed by atoms with Gasteiger partial charge in [0.1, 0.15) is 0 Å². The maximum atomic E-state index is 9.01. The molecule has 0 heterocycles. The zero-order valence-electron chi connectivity index (χ0n) is 10.2. The van der Waals surface area contributed by atoms with Crippen LogP contribution in [0.4, 0.5) is 0 Å². The summed E-state index contributed by atoms with van der Waals surface area (Å²) in [5.41, 5.74) is 4.80. The maximum absolute atomic E-state index is 9.01. The topological polar surface area (TPSA) is 20.2 Å². The van der Waals surface area contributed by atoms with E-state index < -0.39 is 0 Å². The van der Waals surface area contributed by atoms with Crippen molar-refractivity contribution in [3.8, 4) is 11.1 Å². The van der Waals surface area contributed by atoms with E-state index in [9.17, 15) is 0 Å². The third kappa shape index (κ3) is 2.95. The van der Waals surface area contributed by atoms with Crippen LogP contribution in [0.15, 0.2) is 48.5 Å². The fourth-order valence-electron chi connectivity index (χ4n) is 2.00. The van der Waals surface area contributed by atoms with Crippen molar-refractivity contribution >= 4 is 0 Å². The highest BCUT2D eigenvalue weighted by atomic mass is 16.3. The molecule has 2 rings (SSSR count). The lowest BCUT2D eigenvalue weighted by Crippen LogP contribution is -1.86. The first-order chi connectivity index (χ1) is 8.33. The molecule has 0 unspecified atom stereocenters. The minimum Gasteiger partial charge on any atom is -0.392 e. The third-order valence-corrected chi connectivity index (χ3v) is 2.94. The van der Waals surface area contributed by atoms with Gasteiger partial charge in [0.25, 0.3) is 0 Å². The monoisotopic (exact) mass is 226 g/mol. The standard InChI is InChI=1S/C16H18O/c1-2-4-13-5-3-6-16(11-13)15-9-7-14(12-17)8-10-15/h3,5-11,17H,2,4,12H2,1H3. The Labute approximate surface area is 103 Å². The van der Waals surface area contributed by atoms with E-state index in [-0.39, 0.29) is 6.61 Å². The third-order valence-electron chi connectivity index (χ3n) is 2.94. The molecule has 0 saturated heterocycles. The molecule has 1 heteroatoms. The quantitative estimate of drug-likeness (QED) is 0.840.